The van der Waals surface area contributed by atoms with Crippen molar-refractivity contribution in [1.82, 2.24) is 0 Å². The Bertz CT molecular complexity index is 105. The van der Waals surface area contributed by atoms with Crippen molar-refractivity contribution in [3.63, 3.8) is 0 Å². The first-order chi connectivity index (χ1) is 4.66. The average molecular weight is 166 g/mol. The van der Waals surface area contributed by atoms with Crippen molar-refractivity contribution >= 4 is 17.8 Å². The van der Waals surface area contributed by atoms with Gasteiger partial charge in [0, 0.05) is 5.38 Å². The highest BCUT2D eigenvalue weighted by Gasteiger charge is 2.03. The minimum Gasteiger partial charge on any atom is -0.432 e. The van der Waals surface area contributed by atoms with E-state index < -0.39 is 6.16 Å². The summed E-state index contributed by atoms with van der Waals surface area (Å²) in [6.45, 7) is 2.06. The van der Waals surface area contributed by atoms with Crippen molar-refractivity contribution in [3.05, 3.63) is 0 Å². The van der Waals surface area contributed by atoms with Crippen LogP contribution in [-0.2, 0) is 9.84 Å². The van der Waals surface area contributed by atoms with Crippen molar-refractivity contribution in [2.75, 3.05) is 6.61 Å². The van der Waals surface area contributed by atoms with Crippen molar-refractivity contribution in [2.45, 2.75) is 25.1 Å². The van der Waals surface area contributed by atoms with E-state index in [0.29, 0.717) is 6.42 Å². The van der Waals surface area contributed by atoms with E-state index in [-0.39, 0.29) is 12.0 Å². The molecule has 4 heteroatoms. The zero-order valence-electron chi connectivity index (χ0n) is 5.80. The van der Waals surface area contributed by atoms with Gasteiger partial charge in [0.15, 0.2) is 0 Å². The fourth-order valence-electron chi connectivity index (χ4n) is 0.474. The highest BCUT2D eigenvalue weighted by atomic mass is 35.5. The molecule has 0 spiro atoms. The number of halogens is 1. The Balaban J connectivity index is 3.11. The number of carbonyl (C=O) groups is 1. The molecule has 0 rings (SSSR count). The van der Waals surface area contributed by atoms with Crippen LogP contribution >= 0.6 is 11.6 Å². The lowest BCUT2D eigenvalue weighted by molar-refractivity contribution is 0.0668. The summed E-state index contributed by atoms with van der Waals surface area (Å²) >= 11 is 5.66. The summed E-state index contributed by atoms with van der Waals surface area (Å²) in [5.74, 6) is 0. The zero-order chi connectivity index (χ0) is 7.98. The third-order valence-corrected chi connectivity index (χ3v) is 1.62. The van der Waals surface area contributed by atoms with Crippen molar-refractivity contribution in [2.24, 2.45) is 0 Å². The molecule has 0 aromatic carbocycles. The highest BCUT2D eigenvalue weighted by molar-refractivity contribution is 6.20. The molecule has 0 saturated carbocycles. The minimum absolute atomic E-state index is 0.000602. The summed E-state index contributed by atoms with van der Waals surface area (Å²) in [4.78, 5) is 9.69. The Morgan fingerprint density at radius 1 is 1.70 bits per heavy atom. The number of rotatable bonds is 4. The van der Waals surface area contributed by atoms with Crippen molar-refractivity contribution < 1.29 is 14.6 Å². The summed E-state index contributed by atoms with van der Waals surface area (Å²) in [6, 6.07) is 0. The van der Waals surface area contributed by atoms with Crippen molar-refractivity contribution in [3.8, 4) is 0 Å². The summed E-state index contributed by atoms with van der Waals surface area (Å²) < 4.78 is 4.14. The predicted octanol–water partition coefficient (Wildman–Crippen LogP) is 1.96. The lowest BCUT2D eigenvalue weighted by atomic mass is 10.2. The van der Waals surface area contributed by atoms with E-state index >= 15 is 0 Å². The normalized spacial score (nSPS) is 12.6. The van der Waals surface area contributed by atoms with Gasteiger partial charge in [0.05, 0.1) is 6.61 Å². The molecule has 10 heavy (non-hydrogen) atoms. The lowest BCUT2D eigenvalue weighted by Crippen LogP contribution is -2.06. The van der Waals surface area contributed by atoms with E-state index in [9.17, 15) is 9.90 Å². The molecule has 3 nitrogen and oxygen atoms in total. The van der Waals surface area contributed by atoms with Crippen LogP contribution in [0, 0.1) is 0 Å². The Hall–Kier alpha value is -0.440. The van der Waals surface area contributed by atoms with E-state index in [0.717, 1.165) is 6.42 Å². The molecule has 59 valence electrons. The third kappa shape index (κ3) is 5.69. The number of carbonyl (C=O) groups excluding carboxylic acids is 1. The molecule has 0 aromatic heterocycles. The van der Waals surface area contributed by atoms with Crippen LogP contribution in [0.4, 0.5) is 4.79 Å². The van der Waals surface area contributed by atoms with E-state index in [1.165, 1.54) is 0 Å². The summed E-state index contributed by atoms with van der Waals surface area (Å²) in [5.41, 5.74) is 0. The van der Waals surface area contributed by atoms with Gasteiger partial charge in [0.25, 0.3) is 0 Å². The summed E-state index contributed by atoms with van der Waals surface area (Å²) in [6.07, 6.45) is -0.121. The minimum atomic E-state index is -1.49. The molecule has 0 amide bonds. The van der Waals surface area contributed by atoms with Crippen LogP contribution in [0.3, 0.4) is 0 Å². The average Bonchev–Trinajstić information content (AvgIpc) is 1.87. The van der Waals surface area contributed by atoms with Crippen LogP contribution in [0.2, 0.25) is 0 Å². The van der Waals surface area contributed by atoms with E-state index in [1.54, 1.807) is 0 Å². The molecule has 0 heterocycles. The van der Waals surface area contributed by atoms with Gasteiger partial charge in [0.2, 0.25) is 0 Å². The first-order valence-electron chi connectivity index (χ1n) is 3.14. The topological polar surface area (TPSA) is 46.2 Å². The maximum atomic E-state index is 9.69. The van der Waals surface area contributed by atoms with Crippen LogP contribution in [0.5, 0.6) is 0 Å². The number of hydrogen-bond donors (Lipinski definition) is 0. The molecule has 0 aliphatic heterocycles. The van der Waals surface area contributed by atoms with Gasteiger partial charge in [-0.1, -0.05) is 6.92 Å². The molecule has 0 N–H and O–H groups in total. The van der Waals surface area contributed by atoms with E-state index in [1.807, 2.05) is 6.92 Å². The predicted molar refractivity (Wildman–Crippen MR) is 36.6 cm³/mol. The first kappa shape index (κ1) is 9.56. The molecule has 1 atom stereocenters. The molecular formula is C6H10ClO3. The zero-order valence-corrected chi connectivity index (χ0v) is 6.56. The fourth-order valence-corrected chi connectivity index (χ4v) is 0.563. The number of ether oxygens (including phenoxy) is 1. The largest absolute Gasteiger partial charge is 0.549 e. The van der Waals surface area contributed by atoms with Crippen LogP contribution in [0.25, 0.3) is 0 Å². The number of alkyl halides is 1. The van der Waals surface area contributed by atoms with Crippen LogP contribution in [0.15, 0.2) is 0 Å². The molecule has 0 aliphatic rings. The standard InChI is InChI=1S/C6H10ClO3/c1-2-5(7)3-4-10-6(8)9/h5H,2-4H2,1H3. The molecule has 0 fully saturated rings. The van der Waals surface area contributed by atoms with E-state index in [4.69, 9.17) is 11.6 Å². The smallest absolute Gasteiger partial charge is 0.432 e. The van der Waals surface area contributed by atoms with Gasteiger partial charge in [-0.2, -0.15) is 9.90 Å². The molecule has 0 saturated heterocycles. The Morgan fingerprint density at radius 3 is 2.70 bits per heavy atom. The van der Waals surface area contributed by atoms with Crippen molar-refractivity contribution in [1.29, 1.82) is 0 Å². The maximum Gasteiger partial charge on any atom is 0.549 e. The second kappa shape index (κ2) is 5.35. The second-order valence-corrected chi connectivity index (χ2v) is 2.51. The molecule has 0 aliphatic carbocycles. The second-order valence-electron chi connectivity index (χ2n) is 1.89. The van der Waals surface area contributed by atoms with Gasteiger partial charge in [-0.25, -0.2) is 0 Å². The van der Waals surface area contributed by atoms with E-state index in [2.05, 4.69) is 4.74 Å². The van der Waals surface area contributed by atoms with Gasteiger partial charge < -0.3 is 4.74 Å². The molecule has 1 radical (unpaired) electrons. The van der Waals surface area contributed by atoms with Gasteiger partial charge in [0.1, 0.15) is 0 Å². The molecule has 0 aromatic rings. The Labute approximate surface area is 64.9 Å². The maximum absolute atomic E-state index is 9.69. The first-order valence-corrected chi connectivity index (χ1v) is 3.58. The quantitative estimate of drug-likeness (QED) is 0.472. The van der Waals surface area contributed by atoms with Crippen LogP contribution in [0.1, 0.15) is 19.8 Å². The Kier molecular flexibility index (Phi) is 5.12. The lowest BCUT2D eigenvalue weighted by Gasteiger charge is -2.03. The SMILES string of the molecule is CCC(Cl)CCOC([O])=O. The Morgan fingerprint density at radius 2 is 2.30 bits per heavy atom. The highest BCUT2D eigenvalue weighted by Crippen LogP contribution is 2.05. The summed E-state index contributed by atoms with van der Waals surface area (Å²) in [7, 11) is 0. The van der Waals surface area contributed by atoms with Gasteiger partial charge in [-0.15, -0.1) is 11.6 Å². The third-order valence-electron chi connectivity index (χ3n) is 1.09. The van der Waals surface area contributed by atoms with Gasteiger partial charge >= 0.3 is 6.16 Å². The monoisotopic (exact) mass is 165 g/mol. The molecular weight excluding hydrogens is 156 g/mol. The van der Waals surface area contributed by atoms with Gasteiger partial charge in [-0.05, 0) is 12.8 Å². The fraction of sp³-hybridized carbons (Fsp3) is 0.833. The van der Waals surface area contributed by atoms with Gasteiger partial charge in [-0.3, -0.25) is 0 Å². The number of hydrogen-bond acceptors (Lipinski definition) is 2. The van der Waals surface area contributed by atoms with Crippen LogP contribution in [-0.4, -0.2) is 18.1 Å². The van der Waals surface area contributed by atoms with Crippen LogP contribution < -0.4 is 0 Å². The molecule has 0 bridgehead atoms. The summed E-state index contributed by atoms with van der Waals surface area (Å²) in [5, 5.41) is 9.69. The molecule has 1 unspecified atom stereocenters.